The molecule has 0 saturated carbocycles. The maximum Gasteiger partial charge on any atom is 0.325 e. The van der Waals surface area contributed by atoms with Gasteiger partial charge in [-0.25, -0.2) is 4.68 Å². The van der Waals surface area contributed by atoms with E-state index in [2.05, 4.69) is 5.10 Å². The van der Waals surface area contributed by atoms with E-state index < -0.39 is 18.1 Å². The number of ether oxygens (including phenoxy) is 1. The maximum atomic E-state index is 12.3. The summed E-state index contributed by atoms with van der Waals surface area (Å²) in [5.74, 6) is -0.610. The second-order valence-corrected chi connectivity index (χ2v) is 5.15. The van der Waals surface area contributed by atoms with Gasteiger partial charge in [0.1, 0.15) is 23.5 Å². The van der Waals surface area contributed by atoms with Gasteiger partial charge < -0.3 is 9.84 Å². The van der Waals surface area contributed by atoms with Gasteiger partial charge in [-0.3, -0.25) is 14.0 Å². The Bertz CT molecular complexity index is 861. The SMILES string of the molecule is COCc1nn(CC(=O)O)c(=O)c2cc3ccsc3n12. The topological polar surface area (TPSA) is 85.8 Å². The summed E-state index contributed by atoms with van der Waals surface area (Å²) in [6, 6.07) is 3.65. The molecule has 8 heteroatoms. The van der Waals surface area contributed by atoms with Crippen molar-refractivity contribution in [2.45, 2.75) is 13.2 Å². The summed E-state index contributed by atoms with van der Waals surface area (Å²) in [5, 5.41) is 15.8. The van der Waals surface area contributed by atoms with E-state index in [0.29, 0.717) is 11.3 Å². The molecule has 7 nitrogen and oxygen atoms in total. The van der Waals surface area contributed by atoms with Crippen LogP contribution >= 0.6 is 11.3 Å². The molecule has 0 unspecified atom stereocenters. The van der Waals surface area contributed by atoms with Crippen molar-refractivity contribution in [3.8, 4) is 0 Å². The standard InChI is InChI=1S/C12H11N3O4S/c1-19-6-9-13-14(5-10(16)17)11(18)8-4-7-2-3-20-12(7)15(8)9/h2-4H,5-6H2,1H3,(H,16,17). The van der Waals surface area contributed by atoms with Crippen LogP contribution in [0.1, 0.15) is 5.82 Å². The van der Waals surface area contributed by atoms with Crippen molar-refractivity contribution in [3.05, 3.63) is 33.7 Å². The number of rotatable bonds is 4. The van der Waals surface area contributed by atoms with E-state index in [1.807, 2.05) is 11.4 Å². The Hall–Kier alpha value is -2.19. The van der Waals surface area contributed by atoms with Crippen LogP contribution in [-0.4, -0.2) is 32.4 Å². The number of carboxylic acid groups (broad SMARTS) is 1. The zero-order chi connectivity index (χ0) is 14.3. The third-order valence-electron chi connectivity index (χ3n) is 2.92. The lowest BCUT2D eigenvalue weighted by molar-refractivity contribution is -0.138. The van der Waals surface area contributed by atoms with Gasteiger partial charge in [-0.15, -0.1) is 11.3 Å². The molecule has 0 aliphatic rings. The number of thiophene rings is 1. The molecule has 0 radical (unpaired) electrons. The third kappa shape index (κ3) is 1.89. The Morgan fingerprint density at radius 3 is 3.05 bits per heavy atom. The average molecular weight is 293 g/mol. The number of aliphatic carboxylic acids is 1. The highest BCUT2D eigenvalue weighted by Gasteiger charge is 2.16. The fourth-order valence-corrected chi connectivity index (χ4v) is 3.07. The molecule has 0 aliphatic heterocycles. The fraction of sp³-hybridized carbons (Fsp3) is 0.250. The van der Waals surface area contributed by atoms with Gasteiger partial charge in [0.15, 0.2) is 5.82 Å². The molecule has 1 N–H and O–H groups in total. The Labute approximate surface area is 116 Å². The number of aromatic nitrogens is 3. The number of nitrogens with zero attached hydrogens (tertiary/aromatic N) is 3. The molecule has 0 saturated heterocycles. The van der Waals surface area contributed by atoms with Crippen molar-refractivity contribution in [1.29, 1.82) is 0 Å². The van der Waals surface area contributed by atoms with Crippen LogP contribution in [0, 0.1) is 0 Å². The van der Waals surface area contributed by atoms with Gasteiger partial charge in [-0.1, -0.05) is 0 Å². The number of carboxylic acids is 1. The quantitative estimate of drug-likeness (QED) is 0.773. The van der Waals surface area contributed by atoms with E-state index in [-0.39, 0.29) is 6.61 Å². The monoisotopic (exact) mass is 293 g/mol. The van der Waals surface area contributed by atoms with Crippen LogP contribution in [-0.2, 0) is 22.7 Å². The lowest BCUT2D eigenvalue weighted by Crippen LogP contribution is -2.30. The fourth-order valence-electron chi connectivity index (χ4n) is 2.16. The number of methoxy groups -OCH3 is 1. The molecular weight excluding hydrogens is 282 g/mol. The van der Waals surface area contributed by atoms with Crippen LogP contribution in [0.2, 0.25) is 0 Å². The normalized spacial score (nSPS) is 11.4. The van der Waals surface area contributed by atoms with E-state index in [1.165, 1.54) is 18.4 Å². The molecule has 3 rings (SSSR count). The van der Waals surface area contributed by atoms with Crippen molar-refractivity contribution < 1.29 is 14.6 Å². The van der Waals surface area contributed by atoms with Gasteiger partial charge >= 0.3 is 5.97 Å². The molecular formula is C12H11N3O4S. The predicted molar refractivity (Wildman–Crippen MR) is 73.2 cm³/mol. The van der Waals surface area contributed by atoms with Crippen LogP contribution in [0.3, 0.4) is 0 Å². The second kappa shape index (κ2) is 4.73. The first-order valence-electron chi connectivity index (χ1n) is 5.81. The van der Waals surface area contributed by atoms with Gasteiger partial charge in [0.2, 0.25) is 0 Å². The molecule has 3 aromatic heterocycles. The third-order valence-corrected chi connectivity index (χ3v) is 3.83. The van der Waals surface area contributed by atoms with Crippen LogP contribution in [0.25, 0.3) is 15.7 Å². The zero-order valence-corrected chi connectivity index (χ0v) is 11.4. The largest absolute Gasteiger partial charge is 0.480 e. The van der Waals surface area contributed by atoms with Crippen molar-refractivity contribution in [2.24, 2.45) is 0 Å². The number of hydrogen-bond donors (Lipinski definition) is 1. The Morgan fingerprint density at radius 1 is 1.55 bits per heavy atom. The summed E-state index contributed by atoms with van der Waals surface area (Å²) in [6.45, 7) is -0.275. The summed E-state index contributed by atoms with van der Waals surface area (Å²) in [5.41, 5.74) is -0.00852. The molecule has 0 spiro atoms. The van der Waals surface area contributed by atoms with E-state index in [1.54, 1.807) is 10.5 Å². The van der Waals surface area contributed by atoms with Gasteiger partial charge in [-0.2, -0.15) is 5.10 Å². The van der Waals surface area contributed by atoms with E-state index in [4.69, 9.17) is 9.84 Å². The van der Waals surface area contributed by atoms with Crippen LogP contribution in [0.4, 0.5) is 0 Å². The minimum atomic E-state index is -1.11. The molecule has 0 fully saturated rings. The Balaban J connectivity index is 2.37. The zero-order valence-electron chi connectivity index (χ0n) is 10.6. The summed E-state index contributed by atoms with van der Waals surface area (Å²) in [6.07, 6.45) is 0. The Kier molecular flexibility index (Phi) is 3.03. The lowest BCUT2D eigenvalue weighted by Gasteiger charge is -2.08. The van der Waals surface area contributed by atoms with Crippen molar-refractivity contribution in [1.82, 2.24) is 14.2 Å². The number of carbonyl (C=O) groups is 1. The van der Waals surface area contributed by atoms with Gasteiger partial charge in [0, 0.05) is 12.5 Å². The summed E-state index contributed by atoms with van der Waals surface area (Å²) in [4.78, 5) is 24.0. The summed E-state index contributed by atoms with van der Waals surface area (Å²) < 4.78 is 7.77. The van der Waals surface area contributed by atoms with Crippen molar-refractivity contribution in [2.75, 3.05) is 7.11 Å². The van der Waals surface area contributed by atoms with Crippen molar-refractivity contribution >= 4 is 33.0 Å². The van der Waals surface area contributed by atoms with Crippen LogP contribution < -0.4 is 5.56 Å². The van der Waals surface area contributed by atoms with Crippen molar-refractivity contribution in [3.63, 3.8) is 0 Å². The molecule has 3 aromatic rings. The van der Waals surface area contributed by atoms with E-state index in [9.17, 15) is 9.59 Å². The first kappa shape index (κ1) is 12.8. The molecule has 104 valence electrons. The van der Waals surface area contributed by atoms with Gasteiger partial charge in [0.05, 0.1) is 0 Å². The Morgan fingerprint density at radius 2 is 2.35 bits per heavy atom. The first-order valence-corrected chi connectivity index (χ1v) is 6.69. The van der Waals surface area contributed by atoms with E-state index >= 15 is 0 Å². The molecule has 0 aliphatic carbocycles. The summed E-state index contributed by atoms with van der Waals surface area (Å²) >= 11 is 1.49. The number of fused-ring (bicyclic) bond motifs is 3. The molecule has 0 aromatic carbocycles. The first-order chi connectivity index (χ1) is 9.61. The smallest absolute Gasteiger partial charge is 0.325 e. The number of hydrogen-bond acceptors (Lipinski definition) is 5. The van der Waals surface area contributed by atoms with Gasteiger partial charge in [0.25, 0.3) is 5.56 Å². The summed E-state index contributed by atoms with van der Waals surface area (Å²) in [7, 11) is 1.52. The molecule has 20 heavy (non-hydrogen) atoms. The lowest BCUT2D eigenvalue weighted by atomic mass is 10.4. The minimum Gasteiger partial charge on any atom is -0.480 e. The predicted octanol–water partition coefficient (Wildman–Crippen LogP) is 0.942. The molecule has 0 atom stereocenters. The van der Waals surface area contributed by atoms with Gasteiger partial charge in [-0.05, 0) is 17.5 Å². The molecule has 0 bridgehead atoms. The highest BCUT2D eigenvalue weighted by Crippen LogP contribution is 2.24. The van der Waals surface area contributed by atoms with Crippen LogP contribution in [0.15, 0.2) is 22.3 Å². The highest BCUT2D eigenvalue weighted by atomic mass is 32.1. The molecule has 3 heterocycles. The minimum absolute atomic E-state index is 0.193. The highest BCUT2D eigenvalue weighted by molar-refractivity contribution is 7.16. The van der Waals surface area contributed by atoms with Crippen LogP contribution in [0.5, 0.6) is 0 Å². The van der Waals surface area contributed by atoms with E-state index in [0.717, 1.165) is 14.9 Å². The maximum absolute atomic E-state index is 12.3. The average Bonchev–Trinajstić information content (AvgIpc) is 2.94. The second-order valence-electron chi connectivity index (χ2n) is 4.25. The molecule has 0 amide bonds.